The molecule has 2 aromatic rings. The first-order chi connectivity index (χ1) is 9.19. The Morgan fingerprint density at radius 2 is 1.53 bits per heavy atom. The average molecular weight is 256 g/mol. The molecule has 0 radical (unpaired) electrons. The second kappa shape index (κ2) is 5.79. The lowest BCUT2D eigenvalue weighted by atomic mass is 9.91. The molecule has 0 saturated heterocycles. The Balaban J connectivity index is 2.68. The quantitative estimate of drug-likeness (QED) is 0.802. The summed E-state index contributed by atoms with van der Waals surface area (Å²) < 4.78 is 11.0. The summed E-state index contributed by atoms with van der Waals surface area (Å²) in [7, 11) is 3.36. The van der Waals surface area contributed by atoms with E-state index in [1.165, 1.54) is 16.7 Å². The predicted octanol–water partition coefficient (Wildman–Crippen LogP) is 4.49. The van der Waals surface area contributed by atoms with Crippen molar-refractivity contribution in [1.29, 1.82) is 0 Å². The van der Waals surface area contributed by atoms with Gasteiger partial charge in [0.2, 0.25) is 0 Å². The molecule has 0 amide bonds. The van der Waals surface area contributed by atoms with Crippen LogP contribution in [-0.4, -0.2) is 14.2 Å². The highest BCUT2D eigenvalue weighted by Gasteiger charge is 2.18. The van der Waals surface area contributed by atoms with E-state index in [4.69, 9.17) is 9.47 Å². The molecule has 2 nitrogen and oxygen atoms in total. The van der Waals surface area contributed by atoms with Crippen LogP contribution in [0.15, 0.2) is 42.5 Å². The predicted molar refractivity (Wildman–Crippen MR) is 79.1 cm³/mol. The smallest absolute Gasteiger partial charge is 0.164 e. The number of ether oxygens (including phenoxy) is 2. The summed E-state index contributed by atoms with van der Waals surface area (Å²) in [6, 6.07) is 14.4. The highest BCUT2D eigenvalue weighted by molar-refractivity contribution is 5.73. The molecule has 0 N–H and O–H groups in total. The first kappa shape index (κ1) is 13.5. The van der Waals surface area contributed by atoms with E-state index in [1.807, 2.05) is 12.1 Å². The molecule has 0 aliphatic rings. The average Bonchev–Trinajstić information content (AvgIpc) is 2.46. The summed E-state index contributed by atoms with van der Waals surface area (Å²) in [5.74, 6) is 1.98. The van der Waals surface area contributed by atoms with Crippen molar-refractivity contribution >= 4 is 0 Å². The van der Waals surface area contributed by atoms with Crippen LogP contribution in [0.4, 0.5) is 0 Å². The summed E-state index contributed by atoms with van der Waals surface area (Å²) in [6.07, 6.45) is 0. The van der Waals surface area contributed by atoms with Gasteiger partial charge in [0.1, 0.15) is 0 Å². The van der Waals surface area contributed by atoms with E-state index in [1.54, 1.807) is 14.2 Å². The van der Waals surface area contributed by atoms with Gasteiger partial charge in [0, 0.05) is 5.56 Å². The second-order valence-electron chi connectivity index (χ2n) is 4.78. The Hall–Kier alpha value is -1.96. The number of benzene rings is 2. The summed E-state index contributed by atoms with van der Waals surface area (Å²) in [5.41, 5.74) is 3.59. The standard InChI is InChI=1S/C17H20O2/c1-12(2)16-14(13-8-6-5-7-9-13)10-11-15(18-3)17(16)19-4/h5-12H,1-4H3. The molecule has 0 unspecified atom stereocenters. The van der Waals surface area contributed by atoms with Crippen molar-refractivity contribution in [3.63, 3.8) is 0 Å². The number of hydrogen-bond donors (Lipinski definition) is 0. The maximum Gasteiger partial charge on any atom is 0.164 e. The topological polar surface area (TPSA) is 18.5 Å². The van der Waals surface area contributed by atoms with Crippen molar-refractivity contribution in [3.8, 4) is 22.6 Å². The van der Waals surface area contributed by atoms with Crippen LogP contribution >= 0.6 is 0 Å². The van der Waals surface area contributed by atoms with Gasteiger partial charge in [0.05, 0.1) is 14.2 Å². The highest BCUT2D eigenvalue weighted by atomic mass is 16.5. The molecule has 0 saturated carbocycles. The number of methoxy groups -OCH3 is 2. The van der Waals surface area contributed by atoms with E-state index in [9.17, 15) is 0 Å². The lowest BCUT2D eigenvalue weighted by Gasteiger charge is -2.19. The summed E-state index contributed by atoms with van der Waals surface area (Å²) in [5, 5.41) is 0. The molecule has 0 bridgehead atoms. The maximum absolute atomic E-state index is 5.57. The van der Waals surface area contributed by atoms with Gasteiger partial charge in [-0.25, -0.2) is 0 Å². The van der Waals surface area contributed by atoms with Gasteiger partial charge in [-0.1, -0.05) is 50.2 Å². The van der Waals surface area contributed by atoms with Crippen molar-refractivity contribution in [3.05, 3.63) is 48.0 Å². The van der Waals surface area contributed by atoms with Crippen LogP contribution in [-0.2, 0) is 0 Å². The Morgan fingerprint density at radius 3 is 2.05 bits per heavy atom. The van der Waals surface area contributed by atoms with Crippen LogP contribution in [0.5, 0.6) is 11.5 Å². The second-order valence-corrected chi connectivity index (χ2v) is 4.78. The first-order valence-electron chi connectivity index (χ1n) is 6.49. The van der Waals surface area contributed by atoms with Gasteiger partial charge in [-0.05, 0) is 23.1 Å². The lowest BCUT2D eigenvalue weighted by Crippen LogP contribution is -2.00. The zero-order valence-corrected chi connectivity index (χ0v) is 11.9. The van der Waals surface area contributed by atoms with E-state index < -0.39 is 0 Å². The summed E-state index contributed by atoms with van der Waals surface area (Å²) in [6.45, 7) is 4.34. The zero-order chi connectivity index (χ0) is 13.8. The third kappa shape index (κ3) is 2.58. The SMILES string of the molecule is COc1ccc(-c2ccccc2)c(C(C)C)c1OC. The van der Waals surface area contributed by atoms with E-state index in [-0.39, 0.29) is 0 Å². The first-order valence-corrected chi connectivity index (χ1v) is 6.49. The monoisotopic (exact) mass is 256 g/mol. The van der Waals surface area contributed by atoms with Crippen LogP contribution in [0.3, 0.4) is 0 Å². The lowest BCUT2D eigenvalue weighted by molar-refractivity contribution is 0.350. The fraction of sp³-hybridized carbons (Fsp3) is 0.294. The van der Waals surface area contributed by atoms with Crippen LogP contribution in [0.1, 0.15) is 25.3 Å². The van der Waals surface area contributed by atoms with E-state index in [0.717, 1.165) is 11.5 Å². The number of hydrogen-bond acceptors (Lipinski definition) is 2. The fourth-order valence-electron chi connectivity index (χ4n) is 2.39. The van der Waals surface area contributed by atoms with Crippen LogP contribution in [0.25, 0.3) is 11.1 Å². The van der Waals surface area contributed by atoms with Gasteiger partial charge in [0.15, 0.2) is 11.5 Å². The minimum atomic E-state index is 0.361. The van der Waals surface area contributed by atoms with Crippen molar-refractivity contribution < 1.29 is 9.47 Å². The van der Waals surface area contributed by atoms with E-state index in [2.05, 4.69) is 44.2 Å². The third-order valence-electron chi connectivity index (χ3n) is 3.25. The van der Waals surface area contributed by atoms with Gasteiger partial charge in [-0.2, -0.15) is 0 Å². The Morgan fingerprint density at radius 1 is 0.842 bits per heavy atom. The van der Waals surface area contributed by atoms with Crippen molar-refractivity contribution in [2.75, 3.05) is 14.2 Å². The highest BCUT2D eigenvalue weighted by Crippen LogP contribution is 2.41. The van der Waals surface area contributed by atoms with Gasteiger partial charge in [-0.15, -0.1) is 0 Å². The molecule has 0 atom stereocenters. The minimum Gasteiger partial charge on any atom is -0.493 e. The zero-order valence-electron chi connectivity index (χ0n) is 11.9. The van der Waals surface area contributed by atoms with Gasteiger partial charge in [-0.3, -0.25) is 0 Å². The number of rotatable bonds is 4. The molecular weight excluding hydrogens is 236 g/mol. The third-order valence-corrected chi connectivity index (χ3v) is 3.25. The van der Waals surface area contributed by atoms with Crippen LogP contribution < -0.4 is 9.47 Å². The fourth-order valence-corrected chi connectivity index (χ4v) is 2.39. The van der Waals surface area contributed by atoms with Gasteiger partial charge in [0.25, 0.3) is 0 Å². The minimum absolute atomic E-state index is 0.361. The van der Waals surface area contributed by atoms with E-state index in [0.29, 0.717) is 5.92 Å². The Labute approximate surface area is 115 Å². The van der Waals surface area contributed by atoms with Crippen LogP contribution in [0, 0.1) is 0 Å². The van der Waals surface area contributed by atoms with Crippen molar-refractivity contribution in [2.45, 2.75) is 19.8 Å². The summed E-state index contributed by atoms with van der Waals surface area (Å²) >= 11 is 0. The molecule has 0 spiro atoms. The molecule has 100 valence electrons. The molecular formula is C17H20O2. The van der Waals surface area contributed by atoms with Crippen LogP contribution in [0.2, 0.25) is 0 Å². The molecule has 0 aliphatic carbocycles. The van der Waals surface area contributed by atoms with Crippen molar-refractivity contribution in [1.82, 2.24) is 0 Å². The Kier molecular flexibility index (Phi) is 4.10. The van der Waals surface area contributed by atoms with E-state index >= 15 is 0 Å². The summed E-state index contributed by atoms with van der Waals surface area (Å²) in [4.78, 5) is 0. The maximum atomic E-state index is 5.57. The molecule has 0 aromatic heterocycles. The molecule has 2 rings (SSSR count). The van der Waals surface area contributed by atoms with Gasteiger partial charge < -0.3 is 9.47 Å². The molecule has 0 fully saturated rings. The van der Waals surface area contributed by atoms with Gasteiger partial charge >= 0.3 is 0 Å². The largest absolute Gasteiger partial charge is 0.493 e. The normalized spacial score (nSPS) is 10.6. The molecule has 0 heterocycles. The van der Waals surface area contributed by atoms with Crippen molar-refractivity contribution in [2.24, 2.45) is 0 Å². The Bertz CT molecular complexity index is 545. The molecule has 2 aromatic carbocycles. The molecule has 19 heavy (non-hydrogen) atoms. The molecule has 0 aliphatic heterocycles. The molecule has 2 heteroatoms.